The molecule has 1 amide bonds. The second kappa shape index (κ2) is 9.87. The minimum atomic E-state index is -0.493. The van der Waals surface area contributed by atoms with Gasteiger partial charge in [0.05, 0.1) is 10.9 Å². The summed E-state index contributed by atoms with van der Waals surface area (Å²) in [5, 5.41) is 4.17. The van der Waals surface area contributed by atoms with Gasteiger partial charge < -0.3 is 15.0 Å². The van der Waals surface area contributed by atoms with Crippen molar-refractivity contribution in [2.75, 3.05) is 18.4 Å². The molecule has 3 aromatic rings. The lowest BCUT2D eigenvalue weighted by molar-refractivity contribution is 0.0293. The summed E-state index contributed by atoms with van der Waals surface area (Å²) in [6.07, 6.45) is 2.52. The normalized spacial score (nSPS) is 16.1. The van der Waals surface area contributed by atoms with Crippen molar-refractivity contribution in [3.8, 4) is 11.4 Å². The molecule has 1 unspecified atom stereocenters. The van der Waals surface area contributed by atoms with Gasteiger partial charge in [0.15, 0.2) is 0 Å². The number of para-hydroxylation sites is 1. The highest BCUT2D eigenvalue weighted by atomic mass is 16.6. The van der Waals surface area contributed by atoms with Crippen molar-refractivity contribution < 1.29 is 9.53 Å². The van der Waals surface area contributed by atoms with Gasteiger partial charge in [0, 0.05) is 36.9 Å². The molecule has 1 atom stereocenters. The van der Waals surface area contributed by atoms with E-state index in [0.717, 1.165) is 30.5 Å². The first kappa shape index (κ1) is 23.8. The predicted molar refractivity (Wildman–Crippen MR) is 136 cm³/mol. The number of hydrogen-bond donors (Lipinski definition) is 1. The van der Waals surface area contributed by atoms with Crippen molar-refractivity contribution in [3.05, 3.63) is 58.9 Å². The summed E-state index contributed by atoms with van der Waals surface area (Å²) in [4.78, 5) is 32.1. The van der Waals surface area contributed by atoms with Crippen molar-refractivity contribution in [3.63, 3.8) is 0 Å². The van der Waals surface area contributed by atoms with Crippen LogP contribution in [0.1, 0.15) is 47.0 Å². The van der Waals surface area contributed by atoms with Crippen LogP contribution in [0.2, 0.25) is 0 Å². The molecule has 0 radical (unpaired) electrons. The Labute approximate surface area is 200 Å². The lowest BCUT2D eigenvalue weighted by Crippen LogP contribution is -2.36. The van der Waals surface area contributed by atoms with Crippen LogP contribution in [-0.4, -0.2) is 45.3 Å². The monoisotopic (exact) mass is 462 g/mol. The number of anilines is 1. The first-order chi connectivity index (χ1) is 16.2. The second-order valence-electron chi connectivity index (χ2n) is 9.90. The molecule has 0 aliphatic carbocycles. The Balaban J connectivity index is 1.51. The zero-order chi connectivity index (χ0) is 24.3. The maximum absolute atomic E-state index is 13.2. The van der Waals surface area contributed by atoms with Crippen LogP contribution in [-0.2, 0) is 11.3 Å². The van der Waals surface area contributed by atoms with E-state index in [9.17, 15) is 9.59 Å². The second-order valence-corrected chi connectivity index (χ2v) is 9.90. The van der Waals surface area contributed by atoms with Crippen molar-refractivity contribution in [1.82, 2.24) is 14.5 Å². The number of fused-ring (bicyclic) bond motifs is 1. The van der Waals surface area contributed by atoms with Gasteiger partial charge >= 0.3 is 6.09 Å². The minimum absolute atomic E-state index is 0.00411. The smallest absolute Gasteiger partial charge is 0.410 e. The van der Waals surface area contributed by atoms with Crippen molar-refractivity contribution in [2.45, 2.75) is 65.1 Å². The number of ether oxygens (including phenoxy) is 1. The summed E-state index contributed by atoms with van der Waals surface area (Å²) in [6, 6.07) is 15.7. The van der Waals surface area contributed by atoms with Crippen LogP contribution in [0, 0.1) is 0 Å². The lowest BCUT2D eigenvalue weighted by Gasteiger charge is -2.24. The summed E-state index contributed by atoms with van der Waals surface area (Å²) in [5.74, 6) is 0.695. The molecule has 2 heterocycles. The summed E-state index contributed by atoms with van der Waals surface area (Å²) in [6.45, 7) is 9.69. The van der Waals surface area contributed by atoms with E-state index in [-0.39, 0.29) is 17.7 Å². The average Bonchev–Trinajstić information content (AvgIpc) is 3.27. The van der Waals surface area contributed by atoms with Gasteiger partial charge in [0.25, 0.3) is 5.56 Å². The highest BCUT2D eigenvalue weighted by Gasteiger charge is 2.29. The number of nitrogens with zero attached hydrogens (tertiary/aromatic N) is 3. The Morgan fingerprint density at radius 3 is 2.59 bits per heavy atom. The Hall–Kier alpha value is -3.35. The van der Waals surface area contributed by atoms with Gasteiger partial charge in [-0.15, -0.1) is 0 Å². The largest absolute Gasteiger partial charge is 0.444 e. The Morgan fingerprint density at radius 2 is 1.88 bits per heavy atom. The number of nitrogens with one attached hydrogen (secondary N) is 1. The predicted octanol–water partition coefficient (Wildman–Crippen LogP) is 5.28. The van der Waals surface area contributed by atoms with Gasteiger partial charge in [-0.1, -0.05) is 25.5 Å². The third kappa shape index (κ3) is 5.41. The summed E-state index contributed by atoms with van der Waals surface area (Å²) in [7, 11) is 0. The van der Waals surface area contributed by atoms with E-state index in [0.29, 0.717) is 36.4 Å². The molecule has 1 aliphatic heterocycles. The minimum Gasteiger partial charge on any atom is -0.444 e. The zero-order valence-electron chi connectivity index (χ0n) is 20.5. The highest BCUT2D eigenvalue weighted by molar-refractivity contribution is 5.79. The number of amides is 1. The number of carbonyl (C=O) groups is 1. The number of benzene rings is 2. The fourth-order valence-electron chi connectivity index (χ4n) is 4.23. The summed E-state index contributed by atoms with van der Waals surface area (Å²) >= 11 is 0. The first-order valence-corrected chi connectivity index (χ1v) is 12.1. The zero-order valence-corrected chi connectivity index (χ0v) is 20.5. The Kier molecular flexibility index (Phi) is 6.91. The lowest BCUT2D eigenvalue weighted by atomic mass is 10.1. The van der Waals surface area contributed by atoms with E-state index in [1.165, 1.54) is 0 Å². The maximum atomic E-state index is 13.2. The van der Waals surface area contributed by atoms with E-state index >= 15 is 0 Å². The van der Waals surface area contributed by atoms with Crippen LogP contribution in [0.25, 0.3) is 22.3 Å². The number of hydrogen-bond acceptors (Lipinski definition) is 5. The third-order valence-electron chi connectivity index (χ3n) is 5.95. The molecular formula is C27H34N4O3. The molecule has 7 heteroatoms. The number of likely N-dealkylation sites (tertiary alicyclic amines) is 1. The number of carbonyl (C=O) groups excluding carboxylic acids is 1. The maximum Gasteiger partial charge on any atom is 0.410 e. The third-order valence-corrected chi connectivity index (χ3v) is 5.95. The highest BCUT2D eigenvalue weighted by Crippen LogP contribution is 2.24. The quantitative estimate of drug-likeness (QED) is 0.539. The average molecular weight is 463 g/mol. The van der Waals surface area contributed by atoms with Gasteiger partial charge in [-0.3, -0.25) is 9.36 Å². The fourth-order valence-corrected chi connectivity index (χ4v) is 4.23. The molecule has 1 fully saturated rings. The molecule has 34 heavy (non-hydrogen) atoms. The number of rotatable bonds is 6. The van der Waals surface area contributed by atoms with E-state index in [1.54, 1.807) is 9.47 Å². The van der Waals surface area contributed by atoms with E-state index in [2.05, 4.69) is 12.2 Å². The molecule has 1 aliphatic rings. The number of unbranched alkanes of at least 4 members (excludes halogenated alkanes) is 1. The molecule has 180 valence electrons. The molecule has 0 bridgehead atoms. The van der Waals surface area contributed by atoms with E-state index < -0.39 is 5.60 Å². The van der Waals surface area contributed by atoms with Crippen LogP contribution in [0.4, 0.5) is 10.5 Å². The molecule has 0 saturated carbocycles. The van der Waals surface area contributed by atoms with Crippen LogP contribution >= 0.6 is 0 Å². The standard InChI is InChI=1S/C27H34N4O3/c1-5-6-16-31-24(29-23-10-8-7-9-22(23)25(31)32)19-11-13-20(14-12-19)28-21-15-17-30(18-21)26(33)34-27(2,3)4/h7-14,21,28H,5-6,15-18H2,1-4H3. The molecule has 2 aromatic carbocycles. The Bertz CT molecular complexity index is 1210. The van der Waals surface area contributed by atoms with E-state index in [4.69, 9.17) is 9.72 Å². The molecule has 1 N–H and O–H groups in total. The van der Waals surface area contributed by atoms with Crippen molar-refractivity contribution in [1.29, 1.82) is 0 Å². The van der Waals surface area contributed by atoms with Gasteiger partial charge in [-0.05, 0) is 70.0 Å². The van der Waals surface area contributed by atoms with Crippen LogP contribution < -0.4 is 10.9 Å². The fraction of sp³-hybridized carbons (Fsp3) is 0.444. The van der Waals surface area contributed by atoms with Crippen molar-refractivity contribution in [2.24, 2.45) is 0 Å². The topological polar surface area (TPSA) is 76.5 Å². The van der Waals surface area contributed by atoms with Gasteiger partial charge in [0.1, 0.15) is 11.4 Å². The number of aromatic nitrogens is 2. The molecule has 4 rings (SSSR count). The van der Waals surface area contributed by atoms with Crippen LogP contribution in [0.3, 0.4) is 0 Å². The molecule has 7 nitrogen and oxygen atoms in total. The molecular weight excluding hydrogens is 428 g/mol. The first-order valence-electron chi connectivity index (χ1n) is 12.1. The van der Waals surface area contributed by atoms with Crippen LogP contribution in [0.5, 0.6) is 0 Å². The van der Waals surface area contributed by atoms with Gasteiger partial charge in [-0.25, -0.2) is 9.78 Å². The van der Waals surface area contributed by atoms with Gasteiger partial charge in [0.2, 0.25) is 0 Å². The molecule has 0 spiro atoms. The molecule has 1 aromatic heterocycles. The SMILES string of the molecule is CCCCn1c(-c2ccc(NC3CCN(C(=O)OC(C)(C)C)C3)cc2)nc2ccccc2c1=O. The van der Waals surface area contributed by atoms with Gasteiger partial charge in [-0.2, -0.15) is 0 Å². The summed E-state index contributed by atoms with van der Waals surface area (Å²) < 4.78 is 7.28. The van der Waals surface area contributed by atoms with E-state index in [1.807, 2.05) is 69.3 Å². The van der Waals surface area contributed by atoms with Crippen molar-refractivity contribution >= 4 is 22.7 Å². The Morgan fingerprint density at radius 1 is 1.15 bits per heavy atom. The van der Waals surface area contributed by atoms with Crippen LogP contribution in [0.15, 0.2) is 53.3 Å². The molecule has 1 saturated heterocycles. The summed E-state index contributed by atoms with van der Waals surface area (Å²) in [5.41, 5.74) is 2.11.